The van der Waals surface area contributed by atoms with Gasteiger partial charge < -0.3 is 15.3 Å². The van der Waals surface area contributed by atoms with Crippen molar-refractivity contribution in [2.75, 3.05) is 25.0 Å². The van der Waals surface area contributed by atoms with Crippen molar-refractivity contribution in [3.05, 3.63) is 28.7 Å². The van der Waals surface area contributed by atoms with E-state index in [1.165, 1.54) is 0 Å². The fraction of sp³-hybridized carbons (Fsp3) is 0.462. The minimum atomic E-state index is 0.246. The maximum atomic E-state index is 9.22. The summed E-state index contributed by atoms with van der Waals surface area (Å²) < 4.78 is 1.03. The van der Waals surface area contributed by atoms with Gasteiger partial charge in [0.1, 0.15) is 0 Å². The molecule has 1 aromatic rings. The number of anilines is 1. The van der Waals surface area contributed by atoms with Gasteiger partial charge in [0.2, 0.25) is 0 Å². The summed E-state index contributed by atoms with van der Waals surface area (Å²) in [4.78, 5) is 2.14. The molecule has 1 aliphatic rings. The molecule has 1 heterocycles. The standard InChI is InChI=1S/C13H17BrN2OS/c14-11-4-1-5-12(7-11)15-13(18)16-6-2-3-10(8-16)9-17/h1,4-5,7,10,17H,2-3,6,8-9H2,(H,15,18)/t10-/m0/s1. The van der Waals surface area contributed by atoms with Gasteiger partial charge in [-0.3, -0.25) is 0 Å². The van der Waals surface area contributed by atoms with Crippen molar-refractivity contribution in [1.82, 2.24) is 4.90 Å². The lowest BCUT2D eigenvalue weighted by Crippen LogP contribution is -2.43. The third kappa shape index (κ3) is 3.67. The molecule has 1 aliphatic heterocycles. The first-order chi connectivity index (χ1) is 8.69. The van der Waals surface area contributed by atoms with Gasteiger partial charge in [0.25, 0.3) is 0 Å². The summed E-state index contributed by atoms with van der Waals surface area (Å²) in [5, 5.41) is 13.2. The molecule has 0 bridgehead atoms. The summed E-state index contributed by atoms with van der Waals surface area (Å²) >= 11 is 8.86. The highest BCUT2D eigenvalue weighted by molar-refractivity contribution is 9.10. The van der Waals surface area contributed by atoms with E-state index < -0.39 is 0 Å². The van der Waals surface area contributed by atoms with Crippen LogP contribution in [-0.4, -0.2) is 34.8 Å². The number of hydrogen-bond acceptors (Lipinski definition) is 2. The first kappa shape index (κ1) is 13.8. The van der Waals surface area contributed by atoms with E-state index in [9.17, 15) is 5.11 Å². The lowest BCUT2D eigenvalue weighted by molar-refractivity contribution is 0.162. The smallest absolute Gasteiger partial charge is 0.173 e. The number of nitrogens with zero attached hydrogens (tertiary/aromatic N) is 1. The Labute approximate surface area is 121 Å². The zero-order valence-corrected chi connectivity index (χ0v) is 12.5. The van der Waals surface area contributed by atoms with Crippen molar-refractivity contribution < 1.29 is 5.11 Å². The normalized spacial score (nSPS) is 19.7. The fourth-order valence-electron chi connectivity index (χ4n) is 2.17. The summed E-state index contributed by atoms with van der Waals surface area (Å²) in [6, 6.07) is 7.95. The zero-order valence-electron chi connectivity index (χ0n) is 10.1. The van der Waals surface area contributed by atoms with E-state index in [0.29, 0.717) is 5.92 Å². The van der Waals surface area contributed by atoms with Crippen molar-refractivity contribution in [3.63, 3.8) is 0 Å². The number of nitrogens with one attached hydrogen (secondary N) is 1. The molecular formula is C13H17BrN2OS. The Morgan fingerprint density at radius 2 is 2.39 bits per heavy atom. The fourth-order valence-corrected chi connectivity index (χ4v) is 2.85. The maximum Gasteiger partial charge on any atom is 0.173 e. The van der Waals surface area contributed by atoms with E-state index in [1.807, 2.05) is 24.3 Å². The predicted molar refractivity (Wildman–Crippen MR) is 81.7 cm³/mol. The number of halogens is 1. The van der Waals surface area contributed by atoms with E-state index in [1.54, 1.807) is 0 Å². The third-order valence-electron chi connectivity index (χ3n) is 3.14. The van der Waals surface area contributed by atoms with Crippen molar-refractivity contribution >= 4 is 38.9 Å². The van der Waals surface area contributed by atoms with E-state index in [4.69, 9.17) is 12.2 Å². The van der Waals surface area contributed by atoms with Crippen LogP contribution in [0.1, 0.15) is 12.8 Å². The minimum Gasteiger partial charge on any atom is -0.396 e. The molecule has 0 amide bonds. The van der Waals surface area contributed by atoms with Gasteiger partial charge in [-0.2, -0.15) is 0 Å². The van der Waals surface area contributed by atoms with Gasteiger partial charge in [0, 0.05) is 29.9 Å². The molecule has 0 unspecified atom stereocenters. The average Bonchev–Trinajstić information content (AvgIpc) is 2.39. The minimum absolute atomic E-state index is 0.246. The first-order valence-electron chi connectivity index (χ1n) is 6.11. The molecule has 3 nitrogen and oxygen atoms in total. The largest absolute Gasteiger partial charge is 0.396 e. The Hall–Kier alpha value is -0.650. The number of hydrogen-bond donors (Lipinski definition) is 2. The van der Waals surface area contributed by atoms with Crippen LogP contribution in [0.25, 0.3) is 0 Å². The predicted octanol–water partition coefficient (Wildman–Crippen LogP) is 2.85. The van der Waals surface area contributed by atoms with Gasteiger partial charge in [0.15, 0.2) is 5.11 Å². The molecule has 18 heavy (non-hydrogen) atoms. The number of likely N-dealkylation sites (tertiary alicyclic amines) is 1. The molecule has 1 saturated heterocycles. The number of thiocarbonyl (C=S) groups is 1. The topological polar surface area (TPSA) is 35.5 Å². The molecule has 0 spiro atoms. The van der Waals surface area contributed by atoms with E-state index in [-0.39, 0.29) is 6.61 Å². The molecule has 2 rings (SSSR count). The molecule has 98 valence electrons. The second kappa shape index (κ2) is 6.50. The SMILES string of the molecule is OC[C@H]1CCCN(C(=S)Nc2cccc(Br)c2)C1. The van der Waals surface area contributed by atoms with Crippen molar-refractivity contribution in [2.24, 2.45) is 5.92 Å². The molecular weight excluding hydrogens is 312 g/mol. The summed E-state index contributed by atoms with van der Waals surface area (Å²) in [5.41, 5.74) is 0.987. The highest BCUT2D eigenvalue weighted by atomic mass is 79.9. The molecule has 1 fully saturated rings. The number of benzene rings is 1. The Kier molecular flexibility index (Phi) is 4.97. The second-order valence-corrected chi connectivity index (χ2v) is 5.88. The van der Waals surface area contributed by atoms with E-state index in [0.717, 1.165) is 41.2 Å². The van der Waals surface area contributed by atoms with Gasteiger partial charge in [0.05, 0.1) is 0 Å². The molecule has 0 aromatic heterocycles. The number of aliphatic hydroxyl groups excluding tert-OH is 1. The highest BCUT2D eigenvalue weighted by Crippen LogP contribution is 2.19. The van der Waals surface area contributed by atoms with Crippen LogP contribution in [0.3, 0.4) is 0 Å². The zero-order chi connectivity index (χ0) is 13.0. The molecule has 5 heteroatoms. The Morgan fingerprint density at radius 3 is 3.11 bits per heavy atom. The van der Waals surface area contributed by atoms with Crippen LogP contribution in [0.2, 0.25) is 0 Å². The third-order valence-corrected chi connectivity index (χ3v) is 3.99. The number of rotatable bonds is 2. The lowest BCUT2D eigenvalue weighted by atomic mass is 9.99. The molecule has 0 radical (unpaired) electrons. The quantitative estimate of drug-likeness (QED) is 0.818. The van der Waals surface area contributed by atoms with E-state index in [2.05, 4.69) is 26.1 Å². The van der Waals surface area contributed by atoms with Crippen molar-refractivity contribution in [3.8, 4) is 0 Å². The molecule has 1 atom stereocenters. The average molecular weight is 329 g/mol. The maximum absolute atomic E-state index is 9.22. The Bertz CT molecular complexity index is 427. The molecule has 1 aromatic carbocycles. The van der Waals surface area contributed by atoms with Gasteiger partial charge >= 0.3 is 0 Å². The number of aliphatic hydroxyl groups is 1. The van der Waals surface area contributed by atoms with Gasteiger partial charge in [-0.1, -0.05) is 22.0 Å². The molecule has 0 aliphatic carbocycles. The highest BCUT2D eigenvalue weighted by Gasteiger charge is 2.20. The van der Waals surface area contributed by atoms with Crippen LogP contribution in [-0.2, 0) is 0 Å². The Balaban J connectivity index is 1.95. The van der Waals surface area contributed by atoms with Crippen LogP contribution in [0, 0.1) is 5.92 Å². The van der Waals surface area contributed by atoms with Gasteiger partial charge in [-0.15, -0.1) is 0 Å². The van der Waals surface area contributed by atoms with Crippen LogP contribution < -0.4 is 5.32 Å². The summed E-state index contributed by atoms with van der Waals surface area (Å²) in [6.07, 6.45) is 2.18. The van der Waals surface area contributed by atoms with E-state index >= 15 is 0 Å². The molecule has 0 saturated carbocycles. The lowest BCUT2D eigenvalue weighted by Gasteiger charge is -2.33. The van der Waals surface area contributed by atoms with Crippen molar-refractivity contribution in [2.45, 2.75) is 12.8 Å². The summed E-state index contributed by atoms with van der Waals surface area (Å²) in [6.45, 7) is 2.06. The number of piperidine rings is 1. The van der Waals surface area contributed by atoms with Crippen LogP contribution in [0.5, 0.6) is 0 Å². The Morgan fingerprint density at radius 1 is 1.56 bits per heavy atom. The van der Waals surface area contributed by atoms with Crippen LogP contribution >= 0.6 is 28.1 Å². The first-order valence-corrected chi connectivity index (χ1v) is 7.31. The second-order valence-electron chi connectivity index (χ2n) is 4.58. The van der Waals surface area contributed by atoms with Crippen molar-refractivity contribution in [1.29, 1.82) is 0 Å². The summed E-state index contributed by atoms with van der Waals surface area (Å²) in [5.74, 6) is 0.348. The molecule has 2 N–H and O–H groups in total. The van der Waals surface area contributed by atoms with Crippen LogP contribution in [0.15, 0.2) is 28.7 Å². The summed E-state index contributed by atoms with van der Waals surface area (Å²) in [7, 11) is 0. The monoisotopic (exact) mass is 328 g/mol. The van der Waals surface area contributed by atoms with Gasteiger partial charge in [-0.05, 0) is 49.2 Å². The van der Waals surface area contributed by atoms with Gasteiger partial charge in [-0.25, -0.2) is 0 Å². The van der Waals surface area contributed by atoms with Crippen LogP contribution in [0.4, 0.5) is 5.69 Å².